The fourth-order valence-electron chi connectivity index (χ4n) is 2.88. The Morgan fingerprint density at radius 1 is 1.29 bits per heavy atom. The molecular formula is C16H26N4O. The van der Waals surface area contributed by atoms with Gasteiger partial charge in [-0.15, -0.1) is 0 Å². The summed E-state index contributed by atoms with van der Waals surface area (Å²) in [6.07, 6.45) is 9.11. The van der Waals surface area contributed by atoms with Gasteiger partial charge in [0, 0.05) is 31.2 Å². The number of anilines is 1. The van der Waals surface area contributed by atoms with Crippen LogP contribution in [0.1, 0.15) is 45.4 Å². The number of rotatable bonds is 7. The van der Waals surface area contributed by atoms with Gasteiger partial charge in [0.2, 0.25) is 5.88 Å². The average Bonchev–Trinajstić information content (AvgIpc) is 3.36. The highest BCUT2D eigenvalue weighted by atomic mass is 16.5. The van der Waals surface area contributed by atoms with E-state index < -0.39 is 0 Å². The van der Waals surface area contributed by atoms with E-state index >= 15 is 0 Å². The molecule has 2 fully saturated rings. The van der Waals surface area contributed by atoms with E-state index in [9.17, 15) is 0 Å². The standard InChI is InChI=1S/C16H26N4O/c1-2-9-21-16-10-15(18-12-19-16)20-8-4-3-5-14(20)11-17-13-6-7-13/h10,12-14,17H,2-9,11H2,1H3. The van der Waals surface area contributed by atoms with Crippen molar-refractivity contribution in [3.05, 3.63) is 12.4 Å². The fraction of sp³-hybridized carbons (Fsp3) is 0.750. The van der Waals surface area contributed by atoms with Crippen molar-refractivity contribution >= 4 is 5.82 Å². The van der Waals surface area contributed by atoms with Gasteiger partial charge in [-0.25, -0.2) is 9.97 Å². The maximum absolute atomic E-state index is 5.64. The summed E-state index contributed by atoms with van der Waals surface area (Å²) in [5.74, 6) is 1.71. The Morgan fingerprint density at radius 2 is 2.19 bits per heavy atom. The Labute approximate surface area is 127 Å². The Kier molecular flexibility index (Phi) is 4.91. The molecule has 1 unspecified atom stereocenters. The SMILES string of the molecule is CCCOc1cc(N2CCCCC2CNC2CC2)ncn1. The number of ether oxygens (including phenoxy) is 1. The zero-order valence-electron chi connectivity index (χ0n) is 12.9. The second kappa shape index (κ2) is 7.07. The molecule has 0 radical (unpaired) electrons. The molecular weight excluding hydrogens is 264 g/mol. The molecule has 3 rings (SSSR count). The quantitative estimate of drug-likeness (QED) is 0.835. The van der Waals surface area contributed by atoms with Crippen LogP contribution in [0.5, 0.6) is 5.88 Å². The van der Waals surface area contributed by atoms with Crippen LogP contribution >= 0.6 is 0 Å². The smallest absolute Gasteiger partial charge is 0.218 e. The van der Waals surface area contributed by atoms with Crippen molar-refractivity contribution in [1.29, 1.82) is 0 Å². The molecule has 0 spiro atoms. The van der Waals surface area contributed by atoms with Crippen molar-refractivity contribution in [3.8, 4) is 5.88 Å². The molecule has 1 N–H and O–H groups in total. The van der Waals surface area contributed by atoms with E-state index in [0.29, 0.717) is 18.5 Å². The first-order chi connectivity index (χ1) is 10.4. The van der Waals surface area contributed by atoms with E-state index in [4.69, 9.17) is 4.74 Å². The first-order valence-electron chi connectivity index (χ1n) is 8.31. The monoisotopic (exact) mass is 290 g/mol. The van der Waals surface area contributed by atoms with Crippen LogP contribution in [-0.4, -0.2) is 41.7 Å². The number of nitrogens with one attached hydrogen (secondary N) is 1. The van der Waals surface area contributed by atoms with Crippen molar-refractivity contribution in [3.63, 3.8) is 0 Å². The van der Waals surface area contributed by atoms with Crippen LogP contribution in [0.2, 0.25) is 0 Å². The molecule has 1 saturated carbocycles. The lowest BCUT2D eigenvalue weighted by Crippen LogP contribution is -2.46. The first-order valence-corrected chi connectivity index (χ1v) is 8.31. The fourth-order valence-corrected chi connectivity index (χ4v) is 2.88. The second-order valence-electron chi connectivity index (χ2n) is 6.09. The number of hydrogen-bond acceptors (Lipinski definition) is 5. The van der Waals surface area contributed by atoms with Crippen molar-refractivity contribution in [2.24, 2.45) is 0 Å². The van der Waals surface area contributed by atoms with Crippen LogP contribution in [0.25, 0.3) is 0 Å². The van der Waals surface area contributed by atoms with E-state index in [1.165, 1.54) is 32.1 Å². The van der Waals surface area contributed by atoms with E-state index in [-0.39, 0.29) is 0 Å². The summed E-state index contributed by atoms with van der Waals surface area (Å²) in [6, 6.07) is 3.31. The van der Waals surface area contributed by atoms with Gasteiger partial charge in [-0.05, 0) is 38.5 Å². The van der Waals surface area contributed by atoms with Gasteiger partial charge in [0.1, 0.15) is 12.1 Å². The topological polar surface area (TPSA) is 50.3 Å². The largest absolute Gasteiger partial charge is 0.478 e. The number of piperidine rings is 1. The maximum atomic E-state index is 5.64. The molecule has 116 valence electrons. The number of aromatic nitrogens is 2. The van der Waals surface area contributed by atoms with Crippen LogP contribution in [0.4, 0.5) is 5.82 Å². The third kappa shape index (κ3) is 4.06. The third-order valence-corrected chi connectivity index (χ3v) is 4.22. The lowest BCUT2D eigenvalue weighted by atomic mass is 10.0. The lowest BCUT2D eigenvalue weighted by molar-refractivity contribution is 0.304. The molecule has 0 amide bonds. The number of nitrogens with zero attached hydrogens (tertiary/aromatic N) is 3. The van der Waals surface area contributed by atoms with Gasteiger partial charge in [-0.1, -0.05) is 6.92 Å². The molecule has 2 aliphatic rings. The maximum Gasteiger partial charge on any atom is 0.218 e. The summed E-state index contributed by atoms with van der Waals surface area (Å²) in [6.45, 7) is 4.97. The lowest BCUT2D eigenvalue weighted by Gasteiger charge is -2.37. The normalized spacial score (nSPS) is 22.3. The highest BCUT2D eigenvalue weighted by molar-refractivity contribution is 5.42. The Hall–Kier alpha value is -1.36. The van der Waals surface area contributed by atoms with Crippen LogP contribution in [0, 0.1) is 0 Å². The van der Waals surface area contributed by atoms with Gasteiger partial charge in [-0.3, -0.25) is 0 Å². The zero-order chi connectivity index (χ0) is 14.5. The Morgan fingerprint density at radius 3 is 3.00 bits per heavy atom. The molecule has 1 aromatic heterocycles. The minimum absolute atomic E-state index is 0.549. The van der Waals surface area contributed by atoms with Crippen molar-refractivity contribution in [2.45, 2.75) is 57.5 Å². The average molecular weight is 290 g/mol. The van der Waals surface area contributed by atoms with Crippen molar-refractivity contribution < 1.29 is 4.74 Å². The molecule has 21 heavy (non-hydrogen) atoms. The van der Waals surface area contributed by atoms with Crippen LogP contribution in [0.3, 0.4) is 0 Å². The number of hydrogen-bond donors (Lipinski definition) is 1. The second-order valence-corrected chi connectivity index (χ2v) is 6.09. The van der Waals surface area contributed by atoms with Gasteiger partial charge in [0.05, 0.1) is 6.61 Å². The van der Waals surface area contributed by atoms with Crippen LogP contribution < -0.4 is 15.0 Å². The minimum Gasteiger partial charge on any atom is -0.478 e. The van der Waals surface area contributed by atoms with Gasteiger partial charge < -0.3 is 15.0 Å². The third-order valence-electron chi connectivity index (χ3n) is 4.22. The summed E-state index contributed by atoms with van der Waals surface area (Å²) >= 11 is 0. The molecule has 1 atom stereocenters. The van der Waals surface area contributed by atoms with E-state index in [1.807, 2.05) is 6.07 Å². The molecule has 1 aliphatic heterocycles. The van der Waals surface area contributed by atoms with E-state index in [2.05, 4.69) is 27.1 Å². The van der Waals surface area contributed by atoms with E-state index in [1.54, 1.807) is 6.33 Å². The Bertz CT molecular complexity index is 450. The molecule has 0 aromatic carbocycles. The van der Waals surface area contributed by atoms with Gasteiger partial charge >= 0.3 is 0 Å². The minimum atomic E-state index is 0.549. The Balaban J connectivity index is 1.66. The molecule has 1 aliphatic carbocycles. The molecule has 0 bridgehead atoms. The summed E-state index contributed by atoms with van der Waals surface area (Å²) in [5.41, 5.74) is 0. The predicted octanol–water partition coefficient (Wildman–Crippen LogP) is 2.38. The van der Waals surface area contributed by atoms with Gasteiger partial charge in [0.25, 0.3) is 0 Å². The molecule has 2 heterocycles. The molecule has 1 aromatic rings. The summed E-state index contributed by atoms with van der Waals surface area (Å²) < 4.78 is 5.64. The predicted molar refractivity (Wildman–Crippen MR) is 83.8 cm³/mol. The van der Waals surface area contributed by atoms with Crippen molar-refractivity contribution in [2.75, 3.05) is 24.6 Å². The summed E-state index contributed by atoms with van der Waals surface area (Å²) in [7, 11) is 0. The summed E-state index contributed by atoms with van der Waals surface area (Å²) in [5, 5.41) is 3.66. The molecule has 5 heteroatoms. The van der Waals surface area contributed by atoms with E-state index in [0.717, 1.165) is 31.4 Å². The summed E-state index contributed by atoms with van der Waals surface area (Å²) in [4.78, 5) is 11.1. The van der Waals surface area contributed by atoms with Gasteiger partial charge in [0.15, 0.2) is 0 Å². The first kappa shape index (κ1) is 14.6. The highest BCUT2D eigenvalue weighted by Crippen LogP contribution is 2.26. The zero-order valence-corrected chi connectivity index (χ0v) is 12.9. The van der Waals surface area contributed by atoms with Crippen LogP contribution in [0.15, 0.2) is 12.4 Å². The highest BCUT2D eigenvalue weighted by Gasteiger charge is 2.27. The molecule has 5 nitrogen and oxygen atoms in total. The van der Waals surface area contributed by atoms with Crippen molar-refractivity contribution in [1.82, 2.24) is 15.3 Å². The van der Waals surface area contributed by atoms with Crippen LogP contribution in [-0.2, 0) is 0 Å². The molecule has 1 saturated heterocycles. The van der Waals surface area contributed by atoms with Gasteiger partial charge in [-0.2, -0.15) is 0 Å².